The molecule has 0 saturated heterocycles. The molecule has 6 heteroatoms. The smallest absolute Gasteiger partial charge is 0.253 e. The first-order valence-corrected chi connectivity index (χ1v) is 10.8. The Morgan fingerprint density at radius 2 is 1.90 bits per heavy atom. The second kappa shape index (κ2) is 8.68. The lowest BCUT2D eigenvalue weighted by atomic mass is 9.94. The van der Waals surface area contributed by atoms with E-state index in [0.717, 1.165) is 34.1 Å². The van der Waals surface area contributed by atoms with E-state index in [0.29, 0.717) is 16.1 Å². The number of nitrogens with one attached hydrogen (secondary N) is 2. The molecule has 0 aliphatic rings. The van der Waals surface area contributed by atoms with Gasteiger partial charge in [-0.3, -0.25) is 9.59 Å². The molecule has 1 unspecified atom stereocenters. The van der Waals surface area contributed by atoms with Gasteiger partial charge in [0, 0.05) is 40.4 Å². The largest absolute Gasteiger partial charge is 0.348 e. The maximum absolute atomic E-state index is 13.2. The molecule has 160 valence electrons. The summed E-state index contributed by atoms with van der Waals surface area (Å²) in [5, 5.41) is 4.36. The summed E-state index contributed by atoms with van der Waals surface area (Å²) in [6.45, 7) is 12.4. The van der Waals surface area contributed by atoms with Crippen LogP contribution in [-0.2, 0) is 6.54 Å². The van der Waals surface area contributed by atoms with E-state index in [4.69, 9.17) is 11.6 Å². The van der Waals surface area contributed by atoms with Gasteiger partial charge in [-0.25, -0.2) is 0 Å². The lowest BCUT2D eigenvalue weighted by molar-refractivity contribution is 0.0952. The second-order valence-corrected chi connectivity index (χ2v) is 8.80. The Morgan fingerprint density at radius 1 is 1.20 bits per heavy atom. The summed E-state index contributed by atoms with van der Waals surface area (Å²) in [6.07, 6.45) is 2.97. The minimum Gasteiger partial charge on any atom is -0.348 e. The van der Waals surface area contributed by atoms with Crippen molar-refractivity contribution in [2.24, 2.45) is 0 Å². The Balaban J connectivity index is 1.99. The SMILES string of the molecule is CCC(C)c1cc(C)[nH]c(=O)c1CNC(=O)c1cc(Cl)cc2c1c(C)cn2C(C)C. The van der Waals surface area contributed by atoms with Crippen LogP contribution in [0.15, 0.2) is 29.2 Å². The van der Waals surface area contributed by atoms with Crippen molar-refractivity contribution < 1.29 is 4.79 Å². The van der Waals surface area contributed by atoms with E-state index in [1.54, 1.807) is 6.07 Å². The number of hydrogen-bond donors (Lipinski definition) is 2. The number of H-pyrrole nitrogens is 1. The number of rotatable bonds is 6. The number of amides is 1. The number of carbonyl (C=O) groups excluding carboxylic acids is 1. The molecular weight excluding hydrogens is 398 g/mol. The number of aromatic nitrogens is 2. The van der Waals surface area contributed by atoms with Crippen molar-refractivity contribution in [3.63, 3.8) is 0 Å². The summed E-state index contributed by atoms with van der Waals surface area (Å²) < 4.78 is 2.12. The average Bonchev–Trinajstić information content (AvgIpc) is 3.01. The molecule has 5 nitrogen and oxygen atoms in total. The topological polar surface area (TPSA) is 66.9 Å². The average molecular weight is 428 g/mol. The van der Waals surface area contributed by atoms with Crippen molar-refractivity contribution in [3.8, 4) is 0 Å². The predicted octanol–water partition coefficient (Wildman–Crippen LogP) is 5.62. The van der Waals surface area contributed by atoms with Crippen LogP contribution in [0.5, 0.6) is 0 Å². The third-order valence-corrected chi connectivity index (χ3v) is 5.98. The molecule has 1 aromatic carbocycles. The molecule has 1 amide bonds. The van der Waals surface area contributed by atoms with Crippen LogP contribution >= 0.6 is 11.6 Å². The molecule has 0 fully saturated rings. The molecule has 0 aliphatic heterocycles. The van der Waals surface area contributed by atoms with Gasteiger partial charge in [-0.15, -0.1) is 0 Å². The van der Waals surface area contributed by atoms with E-state index in [-0.39, 0.29) is 30.0 Å². The van der Waals surface area contributed by atoms with Crippen molar-refractivity contribution in [3.05, 3.63) is 67.7 Å². The Labute approximate surface area is 182 Å². The number of hydrogen-bond acceptors (Lipinski definition) is 2. The first kappa shape index (κ1) is 22.2. The fraction of sp³-hybridized carbons (Fsp3) is 0.417. The number of fused-ring (bicyclic) bond motifs is 1. The Morgan fingerprint density at radius 3 is 2.53 bits per heavy atom. The molecule has 0 aliphatic carbocycles. The molecule has 0 bridgehead atoms. The summed E-state index contributed by atoms with van der Waals surface area (Å²) in [6, 6.07) is 5.85. The molecule has 3 rings (SSSR count). The van der Waals surface area contributed by atoms with Crippen LogP contribution in [0.4, 0.5) is 0 Å². The minimum absolute atomic E-state index is 0.149. The minimum atomic E-state index is -0.234. The molecule has 30 heavy (non-hydrogen) atoms. The lowest BCUT2D eigenvalue weighted by Crippen LogP contribution is -2.29. The molecule has 2 heterocycles. The van der Waals surface area contributed by atoms with E-state index >= 15 is 0 Å². The zero-order chi connectivity index (χ0) is 22.2. The molecule has 2 N–H and O–H groups in total. The van der Waals surface area contributed by atoms with E-state index in [1.807, 2.05) is 32.2 Å². The summed E-state index contributed by atoms with van der Waals surface area (Å²) in [5.41, 5.74) is 4.76. The van der Waals surface area contributed by atoms with Crippen LogP contribution in [0.25, 0.3) is 10.9 Å². The number of aryl methyl sites for hydroxylation is 2. The van der Waals surface area contributed by atoms with Gasteiger partial charge in [-0.05, 0) is 69.4 Å². The number of halogens is 1. The zero-order valence-electron chi connectivity index (χ0n) is 18.5. The molecule has 0 radical (unpaired) electrons. The maximum Gasteiger partial charge on any atom is 0.253 e. The van der Waals surface area contributed by atoms with Gasteiger partial charge in [0.05, 0.1) is 11.1 Å². The van der Waals surface area contributed by atoms with Crippen LogP contribution in [0.2, 0.25) is 5.02 Å². The number of benzene rings is 1. The van der Waals surface area contributed by atoms with Gasteiger partial charge in [0.1, 0.15) is 0 Å². The van der Waals surface area contributed by atoms with E-state index < -0.39 is 0 Å². The molecule has 1 atom stereocenters. The molecule has 2 aromatic heterocycles. The fourth-order valence-corrected chi connectivity index (χ4v) is 4.22. The van der Waals surface area contributed by atoms with Gasteiger partial charge in [0.2, 0.25) is 0 Å². The van der Waals surface area contributed by atoms with Crippen molar-refractivity contribution in [2.75, 3.05) is 0 Å². The highest BCUT2D eigenvalue weighted by atomic mass is 35.5. The molecule has 0 saturated carbocycles. The summed E-state index contributed by atoms with van der Waals surface area (Å²) in [7, 11) is 0. The van der Waals surface area contributed by atoms with Crippen molar-refractivity contribution in [1.29, 1.82) is 0 Å². The summed E-state index contributed by atoms with van der Waals surface area (Å²) >= 11 is 6.35. The monoisotopic (exact) mass is 427 g/mol. The second-order valence-electron chi connectivity index (χ2n) is 8.37. The predicted molar refractivity (Wildman–Crippen MR) is 124 cm³/mol. The molecule has 3 aromatic rings. The zero-order valence-corrected chi connectivity index (χ0v) is 19.3. The van der Waals surface area contributed by atoms with Crippen molar-refractivity contribution in [1.82, 2.24) is 14.9 Å². The van der Waals surface area contributed by atoms with E-state index in [2.05, 4.69) is 42.6 Å². The number of carbonyl (C=O) groups is 1. The van der Waals surface area contributed by atoms with Crippen molar-refractivity contribution in [2.45, 2.75) is 66.5 Å². The molecular formula is C24H30ClN3O2. The van der Waals surface area contributed by atoms with Crippen molar-refractivity contribution >= 4 is 28.4 Å². The number of aromatic amines is 1. The lowest BCUT2D eigenvalue weighted by Gasteiger charge is -2.16. The van der Waals surface area contributed by atoms with Gasteiger partial charge in [-0.1, -0.05) is 25.4 Å². The summed E-state index contributed by atoms with van der Waals surface area (Å²) in [4.78, 5) is 28.6. The fourth-order valence-electron chi connectivity index (χ4n) is 4.01. The Bertz CT molecular complexity index is 1160. The van der Waals surface area contributed by atoms with Crippen LogP contribution in [0, 0.1) is 13.8 Å². The highest BCUT2D eigenvalue weighted by Gasteiger charge is 2.19. The first-order chi connectivity index (χ1) is 14.1. The van der Waals surface area contributed by atoms with Gasteiger partial charge in [0.15, 0.2) is 0 Å². The molecule has 0 spiro atoms. The van der Waals surface area contributed by atoms with Crippen LogP contribution < -0.4 is 10.9 Å². The number of nitrogens with zero attached hydrogens (tertiary/aromatic N) is 1. The highest BCUT2D eigenvalue weighted by Crippen LogP contribution is 2.31. The quantitative estimate of drug-likeness (QED) is 0.535. The Kier molecular flexibility index (Phi) is 6.41. The maximum atomic E-state index is 13.2. The van der Waals surface area contributed by atoms with Gasteiger partial charge in [0.25, 0.3) is 11.5 Å². The van der Waals surface area contributed by atoms with Gasteiger partial charge in [-0.2, -0.15) is 0 Å². The Hall–Kier alpha value is -2.53. The van der Waals surface area contributed by atoms with Gasteiger partial charge < -0.3 is 14.9 Å². The normalized spacial score (nSPS) is 12.5. The van der Waals surface area contributed by atoms with Crippen LogP contribution in [0.1, 0.15) is 78.8 Å². The number of pyridine rings is 1. The summed E-state index contributed by atoms with van der Waals surface area (Å²) in [5.74, 6) is 0.000259. The third kappa shape index (κ3) is 4.17. The van der Waals surface area contributed by atoms with Crippen LogP contribution in [-0.4, -0.2) is 15.5 Å². The third-order valence-electron chi connectivity index (χ3n) is 5.76. The van der Waals surface area contributed by atoms with Crippen LogP contribution in [0.3, 0.4) is 0 Å². The first-order valence-electron chi connectivity index (χ1n) is 10.5. The standard InChI is InChI=1S/C24H30ClN3O2/c1-7-14(4)18-8-16(6)27-24(30)20(18)11-26-23(29)19-9-17(25)10-21-22(19)15(5)12-28(21)13(2)3/h8-10,12-14H,7,11H2,1-6H3,(H,26,29)(H,27,30). The van der Waals surface area contributed by atoms with E-state index in [9.17, 15) is 9.59 Å². The van der Waals surface area contributed by atoms with E-state index in [1.165, 1.54) is 0 Å². The van der Waals surface area contributed by atoms with Gasteiger partial charge >= 0.3 is 0 Å². The highest BCUT2D eigenvalue weighted by molar-refractivity contribution is 6.32.